The van der Waals surface area contributed by atoms with E-state index in [0.29, 0.717) is 0 Å². The van der Waals surface area contributed by atoms with Gasteiger partial charge in [0.2, 0.25) is 5.82 Å². The predicted molar refractivity (Wildman–Crippen MR) is 127 cm³/mol. The highest BCUT2D eigenvalue weighted by atomic mass is 32.2. The number of nitrogens with one attached hydrogen (secondary N) is 3. The summed E-state index contributed by atoms with van der Waals surface area (Å²) < 4.78 is 53.4. The molecule has 37 heavy (non-hydrogen) atoms. The molecule has 2 aromatic heterocycles. The molecule has 0 spiro atoms. The van der Waals surface area contributed by atoms with Crippen LogP contribution in [0.1, 0.15) is 31.9 Å². The minimum absolute atomic E-state index is 0.00879. The van der Waals surface area contributed by atoms with Crippen molar-refractivity contribution in [1.29, 1.82) is 0 Å². The molecule has 17 heteroatoms. The third-order valence-electron chi connectivity index (χ3n) is 4.49. The Bertz CT molecular complexity index is 1380. The molecule has 0 fully saturated rings. The van der Waals surface area contributed by atoms with Crippen molar-refractivity contribution in [2.24, 2.45) is 0 Å². The Kier molecular flexibility index (Phi) is 9.06. The normalized spacial score (nSPS) is 13.5. The number of thioether (sulfide) groups is 1. The van der Waals surface area contributed by atoms with E-state index in [1.165, 1.54) is 17.2 Å². The third-order valence-corrected chi connectivity index (χ3v) is 6.57. The largest absolute Gasteiger partial charge is 0.443 e. The van der Waals surface area contributed by atoms with Crippen LogP contribution in [0, 0.1) is 5.82 Å². The van der Waals surface area contributed by atoms with E-state index in [0.717, 1.165) is 24.6 Å². The zero-order valence-corrected chi connectivity index (χ0v) is 21.6. The molecule has 1 atom stereocenters. The lowest BCUT2D eigenvalue weighted by Gasteiger charge is -2.19. The van der Waals surface area contributed by atoms with Gasteiger partial charge in [0.1, 0.15) is 11.4 Å². The fourth-order valence-corrected chi connectivity index (χ4v) is 4.37. The Balaban J connectivity index is 0.000000349. The summed E-state index contributed by atoms with van der Waals surface area (Å²) >= 11 is 0.970. The summed E-state index contributed by atoms with van der Waals surface area (Å²) in [6.45, 7) is 4.34. The van der Waals surface area contributed by atoms with E-state index in [1.54, 1.807) is 31.6 Å². The molecule has 4 N–H and O–H groups in total. The Morgan fingerprint density at radius 3 is 2.57 bits per heavy atom. The number of aryl methyl sites for hydroxylation is 2. The predicted octanol–water partition coefficient (Wildman–Crippen LogP) is 1.15. The number of aromatic nitrogens is 4. The van der Waals surface area contributed by atoms with E-state index in [-0.39, 0.29) is 28.1 Å². The molecule has 1 amide bonds. The van der Waals surface area contributed by atoms with Gasteiger partial charge in [-0.2, -0.15) is 13.1 Å². The average Bonchev–Trinajstić information content (AvgIpc) is 3.40. The minimum Gasteiger partial charge on any atom is -0.443 e. The number of rotatable bonds is 8. The van der Waals surface area contributed by atoms with Gasteiger partial charge in [-0.05, 0) is 67.2 Å². The number of carbonyl (C=O) groups excluding carboxylic acids is 1. The van der Waals surface area contributed by atoms with Crippen molar-refractivity contribution in [3.63, 3.8) is 0 Å². The second-order valence-corrected chi connectivity index (χ2v) is 11.2. The Morgan fingerprint density at radius 2 is 2.00 bits per heavy atom. The van der Waals surface area contributed by atoms with E-state index in [4.69, 9.17) is 4.74 Å². The van der Waals surface area contributed by atoms with Crippen LogP contribution in [0.5, 0.6) is 0 Å². The molecule has 1 aliphatic carbocycles. The average molecular weight is 561 g/mol. The molecule has 0 bridgehead atoms. The van der Waals surface area contributed by atoms with Gasteiger partial charge in [-0.15, -0.1) is 0 Å². The van der Waals surface area contributed by atoms with Gasteiger partial charge in [0.05, 0.1) is 6.10 Å². The van der Waals surface area contributed by atoms with Crippen LogP contribution in [-0.4, -0.2) is 64.1 Å². The molecule has 3 aromatic rings. The molecule has 202 valence electrons. The first kappa shape index (κ1) is 28.3. The van der Waals surface area contributed by atoms with Gasteiger partial charge in [-0.25, -0.2) is 23.3 Å². The number of benzene rings is 1. The summed E-state index contributed by atoms with van der Waals surface area (Å²) in [5.74, 6) is -0.919. The summed E-state index contributed by atoms with van der Waals surface area (Å²) in [5, 5.41) is 20.7. The fourth-order valence-electron chi connectivity index (χ4n) is 2.80. The van der Waals surface area contributed by atoms with Crippen molar-refractivity contribution in [2.45, 2.75) is 50.3 Å². The number of halogens is 1. The number of aliphatic hydroxyl groups excluding tert-OH is 1. The lowest BCUT2D eigenvalue weighted by atomic mass is 9.89. The van der Waals surface area contributed by atoms with Crippen LogP contribution < -0.4 is 15.2 Å². The molecule has 1 unspecified atom stereocenters. The van der Waals surface area contributed by atoms with Crippen LogP contribution in [0.4, 0.5) is 9.18 Å². The van der Waals surface area contributed by atoms with Crippen LogP contribution in [0.25, 0.3) is 11.5 Å². The third kappa shape index (κ3) is 8.96. The van der Waals surface area contributed by atoms with Crippen molar-refractivity contribution in [3.8, 4) is 11.5 Å². The number of nitrogens with zero attached hydrogens (tertiary/aromatic N) is 3. The Labute approximate surface area is 214 Å². The first-order valence-corrected chi connectivity index (χ1v) is 13.3. The van der Waals surface area contributed by atoms with Gasteiger partial charge in [-0.1, -0.05) is 23.0 Å². The maximum atomic E-state index is 12.4. The van der Waals surface area contributed by atoms with E-state index >= 15 is 0 Å². The number of H-pyrrole nitrogens is 1. The van der Waals surface area contributed by atoms with E-state index < -0.39 is 40.3 Å². The van der Waals surface area contributed by atoms with Crippen molar-refractivity contribution in [1.82, 2.24) is 29.9 Å². The molecule has 0 saturated heterocycles. The Hall–Kier alpha value is -3.28. The molecule has 2 heterocycles. The molecule has 4 rings (SSSR count). The van der Waals surface area contributed by atoms with Crippen LogP contribution in [0.2, 0.25) is 0 Å². The van der Waals surface area contributed by atoms with E-state index in [2.05, 4.69) is 29.6 Å². The SMILES string of the molecule is CC(C)(C)OC(=O)NS(=O)(=O)NCC(O)CSc1nonc1-c1noc(=O)[nH]1.Fc1ccc2c(c1)CC2. The second kappa shape index (κ2) is 11.8. The number of carbonyl (C=O) groups is 1. The fraction of sp³-hybridized carbons (Fsp3) is 0.450. The quantitative estimate of drug-likeness (QED) is 0.287. The molecule has 0 saturated carbocycles. The van der Waals surface area contributed by atoms with Crippen molar-refractivity contribution in [3.05, 3.63) is 45.7 Å². The molecule has 14 nitrogen and oxygen atoms in total. The molecule has 1 aliphatic rings. The summed E-state index contributed by atoms with van der Waals surface area (Å²) in [7, 11) is -4.22. The number of fused-ring (bicyclic) bond motifs is 1. The van der Waals surface area contributed by atoms with Crippen molar-refractivity contribution < 1.29 is 36.6 Å². The summed E-state index contributed by atoms with van der Waals surface area (Å²) in [5.41, 5.74) is 1.73. The molecule has 0 aliphatic heterocycles. The van der Waals surface area contributed by atoms with E-state index in [1.807, 2.05) is 10.8 Å². The Morgan fingerprint density at radius 1 is 1.27 bits per heavy atom. The highest BCUT2D eigenvalue weighted by Gasteiger charge is 2.23. The second-order valence-electron chi connectivity index (χ2n) is 8.70. The van der Waals surface area contributed by atoms with Crippen LogP contribution in [0.15, 0.2) is 37.2 Å². The summed E-state index contributed by atoms with van der Waals surface area (Å²) in [6, 6.07) is 5.02. The lowest BCUT2D eigenvalue weighted by molar-refractivity contribution is 0.0569. The van der Waals surface area contributed by atoms with Crippen LogP contribution in [0.3, 0.4) is 0 Å². The number of hydrogen-bond acceptors (Lipinski definition) is 12. The van der Waals surface area contributed by atoms with Crippen molar-refractivity contribution >= 4 is 28.1 Å². The topological polar surface area (TPSA) is 203 Å². The standard InChI is InChI=1S/C12H18N6O8S2.C8H7F/c1-12(2,3)24-11(21)18-28(22,23)13-4-6(19)5-27-9-7(15-26-17-9)8-14-10(20)25-16-8;9-8-4-3-6-1-2-7(6)5-8/h6,13,19H,4-5H2,1-3H3,(H,18,21)(H,14,16,20);3-5H,1-2H2. The van der Waals surface area contributed by atoms with Crippen LogP contribution >= 0.6 is 11.8 Å². The zero-order valence-electron chi connectivity index (χ0n) is 20.0. The first-order valence-electron chi connectivity index (χ1n) is 10.8. The highest BCUT2D eigenvalue weighted by molar-refractivity contribution is 7.99. The first-order chi connectivity index (χ1) is 17.3. The smallest absolute Gasteiger partial charge is 0.439 e. The number of amides is 1. The number of hydrogen-bond donors (Lipinski definition) is 4. The van der Waals surface area contributed by atoms with Crippen LogP contribution in [-0.2, 0) is 27.8 Å². The molecule has 1 aromatic carbocycles. The lowest BCUT2D eigenvalue weighted by Crippen LogP contribution is -2.45. The molecule has 0 radical (unpaired) electrons. The van der Waals surface area contributed by atoms with Gasteiger partial charge in [-0.3, -0.25) is 9.51 Å². The number of aromatic amines is 1. The molecular formula is C20H25FN6O8S2. The maximum absolute atomic E-state index is 12.4. The number of ether oxygens (including phenoxy) is 1. The minimum atomic E-state index is -4.22. The zero-order chi connectivity index (χ0) is 27.2. The van der Waals surface area contributed by atoms with Gasteiger partial charge in [0, 0.05) is 12.3 Å². The van der Waals surface area contributed by atoms with E-state index in [9.17, 15) is 27.5 Å². The molecular weight excluding hydrogens is 535 g/mol. The van der Waals surface area contributed by atoms with Gasteiger partial charge in [0.25, 0.3) is 0 Å². The maximum Gasteiger partial charge on any atom is 0.439 e. The van der Waals surface area contributed by atoms with Gasteiger partial charge in [0.15, 0.2) is 10.7 Å². The monoisotopic (exact) mass is 560 g/mol. The highest BCUT2D eigenvalue weighted by Crippen LogP contribution is 2.26. The summed E-state index contributed by atoms with van der Waals surface area (Å²) in [4.78, 5) is 24.7. The van der Waals surface area contributed by atoms with Gasteiger partial charge >= 0.3 is 22.1 Å². The van der Waals surface area contributed by atoms with Crippen molar-refractivity contribution in [2.75, 3.05) is 12.3 Å². The number of aliphatic hydroxyl groups is 1. The summed E-state index contributed by atoms with van der Waals surface area (Å²) in [6.07, 6.45) is -0.104. The van der Waals surface area contributed by atoms with Gasteiger partial charge < -0.3 is 9.84 Å².